The fraction of sp³-hybridized carbons (Fsp3) is 0.111. The van der Waals surface area contributed by atoms with E-state index in [1.54, 1.807) is 11.3 Å². The Morgan fingerprint density at radius 2 is 1.41 bits per heavy atom. The van der Waals surface area contributed by atoms with Crippen LogP contribution >= 0.6 is 54.5 Å². The summed E-state index contributed by atoms with van der Waals surface area (Å²) >= 11 is 10.5. The third-order valence-corrected chi connectivity index (χ3v) is 5.90. The molecule has 22 heavy (non-hydrogen) atoms. The maximum atomic E-state index is 3.45. The molecule has 0 nitrogen and oxygen atoms in total. The van der Waals surface area contributed by atoms with Gasteiger partial charge >= 0.3 is 0 Å². The Balaban J connectivity index is 0.000000154. The Bertz CT molecular complexity index is 890. The number of halogens is 2. The summed E-state index contributed by atoms with van der Waals surface area (Å²) in [5.74, 6) is 0. The number of fused-ring (bicyclic) bond motifs is 2. The van der Waals surface area contributed by atoms with Gasteiger partial charge in [0.25, 0.3) is 0 Å². The van der Waals surface area contributed by atoms with Crippen molar-refractivity contribution in [3.05, 3.63) is 67.7 Å². The highest BCUT2D eigenvalue weighted by Gasteiger charge is 1.97. The average Bonchev–Trinajstić information content (AvgIpc) is 3.03. The van der Waals surface area contributed by atoms with Crippen LogP contribution in [0.1, 0.15) is 12.3 Å². The number of aryl methyl sites for hydroxylation is 1. The van der Waals surface area contributed by atoms with Crippen molar-refractivity contribution in [1.82, 2.24) is 0 Å². The van der Waals surface area contributed by atoms with E-state index >= 15 is 0 Å². The highest BCUT2D eigenvalue weighted by Crippen LogP contribution is 2.27. The summed E-state index contributed by atoms with van der Waals surface area (Å²) in [7, 11) is 0. The molecule has 2 aromatic carbocycles. The van der Waals surface area contributed by atoms with Crippen LogP contribution < -0.4 is 0 Å². The first kappa shape index (κ1) is 17.7. The third-order valence-electron chi connectivity index (χ3n) is 3.02. The number of benzene rings is 2. The molecule has 0 amide bonds. The summed E-state index contributed by atoms with van der Waals surface area (Å²) in [5, 5.41) is 4.78. The van der Waals surface area contributed by atoms with E-state index in [4.69, 9.17) is 0 Å². The molecule has 4 rings (SSSR count). The van der Waals surface area contributed by atoms with E-state index in [-0.39, 0.29) is 7.43 Å². The van der Waals surface area contributed by atoms with Gasteiger partial charge < -0.3 is 0 Å². The minimum atomic E-state index is 0. The van der Waals surface area contributed by atoms with Crippen LogP contribution in [0.15, 0.2) is 62.9 Å². The van der Waals surface area contributed by atoms with E-state index in [2.05, 4.69) is 92.7 Å². The van der Waals surface area contributed by atoms with E-state index < -0.39 is 0 Å². The second-order valence-corrected chi connectivity index (χ2v) is 8.71. The normalized spacial score (nSPS) is 10.1. The second kappa shape index (κ2) is 7.73. The fourth-order valence-corrected chi connectivity index (χ4v) is 4.88. The number of hydrogen-bond donors (Lipinski definition) is 0. The van der Waals surface area contributed by atoms with Crippen molar-refractivity contribution < 1.29 is 0 Å². The predicted octanol–water partition coefficient (Wildman–Crippen LogP) is 8.27. The molecule has 0 saturated carbocycles. The van der Waals surface area contributed by atoms with Crippen LogP contribution in [0.25, 0.3) is 20.2 Å². The van der Waals surface area contributed by atoms with Crippen molar-refractivity contribution in [3.8, 4) is 0 Å². The quantitative estimate of drug-likeness (QED) is 0.250. The molecule has 0 spiro atoms. The predicted molar refractivity (Wildman–Crippen MR) is 111 cm³/mol. The smallest absolute Gasteiger partial charge is 0.0356 e. The first-order chi connectivity index (χ1) is 10.1. The topological polar surface area (TPSA) is 0 Å². The van der Waals surface area contributed by atoms with Crippen molar-refractivity contribution >= 4 is 74.7 Å². The summed E-state index contributed by atoms with van der Waals surface area (Å²) in [5.41, 5.74) is 0. The van der Waals surface area contributed by atoms with Gasteiger partial charge in [-0.3, -0.25) is 0 Å². The van der Waals surface area contributed by atoms with E-state index in [1.807, 2.05) is 11.3 Å². The molecule has 0 N–H and O–H groups in total. The molecule has 0 aliphatic rings. The second-order valence-electron chi connectivity index (χ2n) is 4.64. The van der Waals surface area contributed by atoms with Crippen LogP contribution in [0.3, 0.4) is 0 Å². The third kappa shape index (κ3) is 4.19. The number of thiophene rings is 2. The molecule has 0 aliphatic carbocycles. The van der Waals surface area contributed by atoms with Crippen molar-refractivity contribution in [2.75, 3.05) is 0 Å². The zero-order valence-corrected chi connectivity index (χ0v) is 16.1. The van der Waals surface area contributed by atoms with E-state index in [0.29, 0.717) is 0 Å². The van der Waals surface area contributed by atoms with Gasteiger partial charge in [-0.05, 0) is 59.5 Å². The molecule has 4 heteroatoms. The average molecular weight is 456 g/mol. The molecule has 2 aromatic heterocycles. The van der Waals surface area contributed by atoms with Gasteiger partial charge in [0.05, 0.1) is 0 Å². The van der Waals surface area contributed by atoms with Gasteiger partial charge in [0, 0.05) is 23.2 Å². The summed E-state index contributed by atoms with van der Waals surface area (Å²) in [6.45, 7) is 2.14. The zero-order chi connectivity index (χ0) is 14.8. The van der Waals surface area contributed by atoms with Gasteiger partial charge in [-0.15, -0.1) is 22.7 Å². The molecule has 0 fully saturated rings. The van der Waals surface area contributed by atoms with E-state index in [0.717, 1.165) is 8.95 Å². The van der Waals surface area contributed by atoms with Crippen molar-refractivity contribution in [1.29, 1.82) is 0 Å². The van der Waals surface area contributed by atoms with E-state index in [9.17, 15) is 0 Å². The lowest BCUT2D eigenvalue weighted by Gasteiger charge is -1.88. The summed E-state index contributed by atoms with van der Waals surface area (Å²) in [4.78, 5) is 1.37. The van der Waals surface area contributed by atoms with Gasteiger partial charge in [-0.2, -0.15) is 0 Å². The van der Waals surface area contributed by atoms with Gasteiger partial charge in [0.1, 0.15) is 0 Å². The van der Waals surface area contributed by atoms with Crippen molar-refractivity contribution in [2.24, 2.45) is 0 Å². The molecule has 0 saturated heterocycles. The highest BCUT2D eigenvalue weighted by molar-refractivity contribution is 9.10. The van der Waals surface area contributed by atoms with Crippen LogP contribution in [0.2, 0.25) is 0 Å². The Labute approximate surface area is 156 Å². The zero-order valence-electron chi connectivity index (χ0n) is 11.3. The standard InChI is InChI=1S/C9H7BrS.C8H5BrS.CH4/c1-6-4-7-2-3-8(10)5-9(7)11-6;9-7-2-1-6-3-4-10-8(6)5-7;/h2-5H,1H3;1-5H;1H4. The van der Waals surface area contributed by atoms with Crippen molar-refractivity contribution in [2.45, 2.75) is 14.4 Å². The van der Waals surface area contributed by atoms with Gasteiger partial charge in [-0.25, -0.2) is 0 Å². The SMILES string of the molecule is Brc1ccc2ccsc2c1.C.Cc1cc2ccc(Br)cc2s1. The largest absolute Gasteiger partial charge is 0.144 e. The van der Waals surface area contributed by atoms with Crippen LogP contribution in [-0.2, 0) is 0 Å². The fourth-order valence-electron chi connectivity index (χ4n) is 2.07. The molecule has 114 valence electrons. The maximum Gasteiger partial charge on any atom is 0.0356 e. The lowest BCUT2D eigenvalue weighted by atomic mass is 10.2. The molecule has 0 bridgehead atoms. The number of hydrogen-bond acceptors (Lipinski definition) is 2. The minimum absolute atomic E-state index is 0. The lowest BCUT2D eigenvalue weighted by Crippen LogP contribution is -1.61. The molecule has 0 aliphatic heterocycles. The molecule has 0 unspecified atom stereocenters. The Hall–Kier alpha value is -0.680. The number of rotatable bonds is 0. The monoisotopic (exact) mass is 454 g/mol. The molecular weight excluding hydrogens is 440 g/mol. The van der Waals surface area contributed by atoms with Gasteiger partial charge in [0.2, 0.25) is 0 Å². The maximum absolute atomic E-state index is 3.45. The molecule has 0 radical (unpaired) electrons. The molecule has 4 aromatic rings. The Kier molecular flexibility index (Phi) is 6.21. The molecule has 2 heterocycles. The highest BCUT2D eigenvalue weighted by atomic mass is 79.9. The molecular formula is C18H16Br2S2. The van der Waals surface area contributed by atoms with Crippen LogP contribution in [-0.4, -0.2) is 0 Å². The summed E-state index contributed by atoms with van der Waals surface area (Å²) < 4.78 is 5.01. The first-order valence-electron chi connectivity index (χ1n) is 6.40. The van der Waals surface area contributed by atoms with E-state index in [1.165, 1.54) is 25.0 Å². The summed E-state index contributed by atoms with van der Waals surface area (Å²) in [6.07, 6.45) is 0. The lowest BCUT2D eigenvalue weighted by molar-refractivity contribution is 1.65. The minimum Gasteiger partial charge on any atom is -0.144 e. The van der Waals surface area contributed by atoms with Crippen LogP contribution in [0.5, 0.6) is 0 Å². The Morgan fingerprint density at radius 3 is 2.14 bits per heavy atom. The van der Waals surface area contributed by atoms with Gasteiger partial charge in [-0.1, -0.05) is 51.4 Å². The van der Waals surface area contributed by atoms with Gasteiger partial charge in [0.15, 0.2) is 0 Å². The molecule has 0 atom stereocenters. The first-order valence-corrected chi connectivity index (χ1v) is 9.68. The van der Waals surface area contributed by atoms with Crippen LogP contribution in [0, 0.1) is 6.92 Å². The Morgan fingerprint density at radius 1 is 0.773 bits per heavy atom. The van der Waals surface area contributed by atoms with Crippen LogP contribution in [0.4, 0.5) is 0 Å². The summed E-state index contributed by atoms with van der Waals surface area (Å²) in [6, 6.07) is 17.0. The van der Waals surface area contributed by atoms with Crippen molar-refractivity contribution in [3.63, 3.8) is 0 Å².